The summed E-state index contributed by atoms with van der Waals surface area (Å²) in [6.45, 7) is 4.87. The van der Waals surface area contributed by atoms with Crippen LogP contribution in [0, 0.1) is 0 Å². The third-order valence-electron chi connectivity index (χ3n) is 6.37. The SMILES string of the molecule is CN1C[C@@H]2c3ccccc3C3(C)C[C@@]2(C1)c1ccccc13.Cl. The number of benzene rings is 2. The Morgan fingerprint density at radius 1 is 0.955 bits per heavy atom. The van der Waals surface area contributed by atoms with Crippen molar-refractivity contribution in [2.75, 3.05) is 20.1 Å². The number of rotatable bonds is 0. The van der Waals surface area contributed by atoms with Crippen molar-refractivity contribution < 1.29 is 0 Å². The van der Waals surface area contributed by atoms with E-state index in [4.69, 9.17) is 0 Å². The molecule has 1 spiro atoms. The van der Waals surface area contributed by atoms with E-state index < -0.39 is 0 Å². The minimum Gasteiger partial charge on any atom is -0.305 e. The van der Waals surface area contributed by atoms with Gasteiger partial charge < -0.3 is 4.90 Å². The first-order chi connectivity index (χ1) is 10.2. The van der Waals surface area contributed by atoms with Crippen LogP contribution < -0.4 is 0 Å². The molecule has 1 saturated heterocycles. The number of fused-ring (bicyclic) bond motifs is 3. The summed E-state index contributed by atoms with van der Waals surface area (Å²) < 4.78 is 0. The summed E-state index contributed by atoms with van der Waals surface area (Å²) in [5, 5.41) is 0. The molecule has 3 atom stereocenters. The molecule has 5 rings (SSSR count). The summed E-state index contributed by atoms with van der Waals surface area (Å²) in [7, 11) is 2.29. The van der Waals surface area contributed by atoms with Crippen LogP contribution in [0.3, 0.4) is 0 Å². The number of nitrogens with zero attached hydrogens (tertiary/aromatic N) is 1. The molecule has 1 unspecified atom stereocenters. The lowest BCUT2D eigenvalue weighted by Gasteiger charge is -2.41. The number of hydrogen-bond acceptors (Lipinski definition) is 1. The highest BCUT2D eigenvalue weighted by Gasteiger charge is 2.61. The molecule has 2 aromatic carbocycles. The number of likely N-dealkylation sites (N-methyl/N-ethyl adjacent to an activating group) is 1. The van der Waals surface area contributed by atoms with Crippen molar-refractivity contribution in [2.45, 2.75) is 30.1 Å². The molecule has 114 valence electrons. The fourth-order valence-electron chi connectivity index (χ4n) is 5.75. The molecule has 3 aliphatic rings. The predicted molar refractivity (Wildman–Crippen MR) is 93.1 cm³/mol. The molecule has 0 saturated carbocycles. The van der Waals surface area contributed by atoms with Gasteiger partial charge in [0.1, 0.15) is 0 Å². The molecular formula is C20H22ClN. The second-order valence-electron chi connectivity index (χ2n) is 7.55. The van der Waals surface area contributed by atoms with Crippen molar-refractivity contribution in [3.8, 4) is 0 Å². The summed E-state index contributed by atoms with van der Waals surface area (Å²) in [6.07, 6.45) is 1.28. The van der Waals surface area contributed by atoms with Gasteiger partial charge in [0.25, 0.3) is 0 Å². The fraction of sp³-hybridized carbons (Fsp3) is 0.400. The number of likely N-dealkylation sites (tertiary alicyclic amines) is 1. The van der Waals surface area contributed by atoms with Crippen LogP contribution in [0.4, 0.5) is 0 Å². The molecule has 1 heterocycles. The summed E-state index contributed by atoms with van der Waals surface area (Å²) >= 11 is 0. The van der Waals surface area contributed by atoms with Gasteiger partial charge in [-0.25, -0.2) is 0 Å². The van der Waals surface area contributed by atoms with Crippen molar-refractivity contribution in [2.24, 2.45) is 0 Å². The van der Waals surface area contributed by atoms with Gasteiger partial charge in [0, 0.05) is 29.8 Å². The van der Waals surface area contributed by atoms with E-state index in [-0.39, 0.29) is 17.8 Å². The molecule has 0 aromatic heterocycles. The first-order valence-electron chi connectivity index (χ1n) is 8.03. The Bertz CT molecular complexity index is 742. The van der Waals surface area contributed by atoms with Crippen LogP contribution in [-0.4, -0.2) is 25.0 Å². The Hall–Kier alpha value is -1.31. The Labute approximate surface area is 138 Å². The molecule has 1 nitrogen and oxygen atoms in total. The van der Waals surface area contributed by atoms with Crippen molar-refractivity contribution >= 4 is 12.4 Å². The van der Waals surface area contributed by atoms with Gasteiger partial charge in [-0.3, -0.25) is 0 Å². The summed E-state index contributed by atoms with van der Waals surface area (Å²) in [5.41, 5.74) is 6.93. The third kappa shape index (κ3) is 1.44. The molecule has 0 N–H and O–H groups in total. The lowest BCUT2D eigenvalue weighted by atomic mass is 9.61. The first-order valence-corrected chi connectivity index (χ1v) is 8.03. The minimum atomic E-state index is 0. The highest BCUT2D eigenvalue weighted by molar-refractivity contribution is 5.85. The quantitative estimate of drug-likeness (QED) is 0.708. The maximum atomic E-state index is 2.54. The van der Waals surface area contributed by atoms with Gasteiger partial charge in [-0.05, 0) is 35.7 Å². The van der Waals surface area contributed by atoms with E-state index in [0.29, 0.717) is 11.3 Å². The topological polar surface area (TPSA) is 3.24 Å². The van der Waals surface area contributed by atoms with E-state index >= 15 is 0 Å². The number of halogens is 1. The molecule has 22 heavy (non-hydrogen) atoms. The first kappa shape index (κ1) is 14.3. The van der Waals surface area contributed by atoms with Gasteiger partial charge >= 0.3 is 0 Å². The highest BCUT2D eigenvalue weighted by atomic mass is 35.5. The van der Waals surface area contributed by atoms with Crippen molar-refractivity contribution in [1.82, 2.24) is 4.90 Å². The largest absolute Gasteiger partial charge is 0.305 e. The molecule has 2 bridgehead atoms. The predicted octanol–water partition coefficient (Wildman–Crippen LogP) is 4.10. The van der Waals surface area contributed by atoms with E-state index in [0.717, 1.165) is 0 Å². The number of hydrogen-bond donors (Lipinski definition) is 0. The van der Waals surface area contributed by atoms with Gasteiger partial charge in [-0.1, -0.05) is 55.5 Å². The molecule has 2 aromatic rings. The van der Waals surface area contributed by atoms with Gasteiger partial charge in [0.15, 0.2) is 0 Å². The van der Waals surface area contributed by atoms with Crippen LogP contribution in [0.2, 0.25) is 0 Å². The summed E-state index contributed by atoms with van der Waals surface area (Å²) in [5.74, 6) is 0.662. The highest BCUT2D eigenvalue weighted by Crippen LogP contribution is 2.65. The molecule has 1 fully saturated rings. The van der Waals surface area contributed by atoms with E-state index in [2.05, 4.69) is 67.4 Å². The van der Waals surface area contributed by atoms with Crippen LogP contribution in [0.25, 0.3) is 0 Å². The molecule has 0 amide bonds. The molecule has 1 aliphatic heterocycles. The zero-order chi connectivity index (χ0) is 14.2. The Kier molecular flexibility index (Phi) is 2.84. The Morgan fingerprint density at radius 3 is 2.36 bits per heavy atom. The lowest BCUT2D eigenvalue weighted by Crippen LogP contribution is -2.39. The van der Waals surface area contributed by atoms with Gasteiger partial charge in [0.2, 0.25) is 0 Å². The van der Waals surface area contributed by atoms with Crippen LogP contribution in [0.1, 0.15) is 41.5 Å². The molecule has 0 radical (unpaired) electrons. The van der Waals surface area contributed by atoms with E-state index in [1.54, 1.807) is 22.3 Å². The average molecular weight is 312 g/mol. The van der Waals surface area contributed by atoms with Crippen molar-refractivity contribution in [3.63, 3.8) is 0 Å². The van der Waals surface area contributed by atoms with Crippen LogP contribution in [-0.2, 0) is 10.8 Å². The molecular weight excluding hydrogens is 290 g/mol. The fourth-order valence-corrected chi connectivity index (χ4v) is 5.75. The summed E-state index contributed by atoms with van der Waals surface area (Å²) in [4.78, 5) is 2.54. The van der Waals surface area contributed by atoms with Gasteiger partial charge in [-0.2, -0.15) is 0 Å². The van der Waals surface area contributed by atoms with Crippen LogP contribution in [0.15, 0.2) is 48.5 Å². The van der Waals surface area contributed by atoms with Gasteiger partial charge in [-0.15, -0.1) is 12.4 Å². The standard InChI is InChI=1S/C20H21N.ClH/c1-19-12-20(17-10-6-5-9-16(17)19)13-21(2)11-18(20)14-7-3-4-8-15(14)19;/h3-10,18H,11-13H2,1-2H3;1H/t18-,19?,20-;/m1./s1. The van der Waals surface area contributed by atoms with E-state index in [9.17, 15) is 0 Å². The molecule has 2 aliphatic carbocycles. The maximum Gasteiger partial charge on any atom is 0.0189 e. The minimum absolute atomic E-state index is 0. The maximum absolute atomic E-state index is 2.54. The zero-order valence-corrected chi connectivity index (χ0v) is 14.0. The smallest absolute Gasteiger partial charge is 0.0189 e. The average Bonchev–Trinajstić information content (AvgIpc) is 2.95. The zero-order valence-electron chi connectivity index (χ0n) is 13.2. The second kappa shape index (κ2) is 4.37. The van der Waals surface area contributed by atoms with Crippen molar-refractivity contribution in [1.29, 1.82) is 0 Å². The second-order valence-corrected chi connectivity index (χ2v) is 7.55. The van der Waals surface area contributed by atoms with Crippen LogP contribution in [0.5, 0.6) is 0 Å². The third-order valence-corrected chi connectivity index (χ3v) is 6.37. The summed E-state index contributed by atoms with van der Waals surface area (Å²) in [6, 6.07) is 18.4. The molecule has 2 heteroatoms. The van der Waals surface area contributed by atoms with Gasteiger partial charge in [0.05, 0.1) is 0 Å². The van der Waals surface area contributed by atoms with E-state index in [1.807, 2.05) is 0 Å². The van der Waals surface area contributed by atoms with Crippen LogP contribution >= 0.6 is 12.4 Å². The monoisotopic (exact) mass is 311 g/mol. The van der Waals surface area contributed by atoms with Crippen molar-refractivity contribution in [3.05, 3.63) is 70.8 Å². The van der Waals surface area contributed by atoms with E-state index in [1.165, 1.54) is 19.5 Å². The Morgan fingerprint density at radius 2 is 1.59 bits per heavy atom. The normalized spacial score (nSPS) is 34.5. The lowest BCUT2D eigenvalue weighted by molar-refractivity contribution is 0.313. The Balaban J connectivity index is 0.00000125.